The van der Waals surface area contributed by atoms with Crippen molar-refractivity contribution in [3.05, 3.63) is 52.0 Å². The predicted octanol–water partition coefficient (Wildman–Crippen LogP) is 3.65. The molecule has 4 nitrogen and oxygen atoms in total. The summed E-state index contributed by atoms with van der Waals surface area (Å²) in [4.78, 5) is -0.334. The topological polar surface area (TPSA) is 72.2 Å². The molecule has 0 atom stereocenters. The van der Waals surface area contributed by atoms with Gasteiger partial charge in [-0.05, 0) is 24.3 Å². The normalized spacial score (nSPS) is 11.4. The first kappa shape index (κ1) is 15.8. The third-order valence-electron chi connectivity index (χ3n) is 2.58. The highest BCUT2D eigenvalue weighted by Crippen LogP contribution is 2.31. The van der Waals surface area contributed by atoms with E-state index in [0.29, 0.717) is 0 Å². The van der Waals surface area contributed by atoms with Gasteiger partial charge in [0.15, 0.2) is 5.82 Å². The second-order valence-corrected chi connectivity index (χ2v) is 6.42. The van der Waals surface area contributed by atoms with Gasteiger partial charge in [-0.15, -0.1) is 0 Å². The zero-order valence-corrected chi connectivity index (χ0v) is 12.5. The molecule has 0 aliphatic carbocycles. The number of nitrogen functional groups attached to an aromatic ring is 1. The SMILES string of the molecule is Nc1c(F)ccc(NS(=O)(=O)c2cccc(Cl)c2Cl)c1F. The van der Waals surface area contributed by atoms with Crippen LogP contribution in [-0.2, 0) is 10.0 Å². The monoisotopic (exact) mass is 352 g/mol. The lowest BCUT2D eigenvalue weighted by Crippen LogP contribution is -2.15. The van der Waals surface area contributed by atoms with Crippen molar-refractivity contribution in [3.8, 4) is 0 Å². The van der Waals surface area contributed by atoms with E-state index in [1.165, 1.54) is 18.2 Å². The van der Waals surface area contributed by atoms with Crippen molar-refractivity contribution >= 4 is 44.6 Å². The molecule has 0 saturated heterocycles. The van der Waals surface area contributed by atoms with E-state index < -0.39 is 33.0 Å². The average molecular weight is 353 g/mol. The molecule has 0 saturated carbocycles. The van der Waals surface area contributed by atoms with Gasteiger partial charge in [-0.1, -0.05) is 29.3 Å². The van der Waals surface area contributed by atoms with Crippen LogP contribution in [0.1, 0.15) is 0 Å². The van der Waals surface area contributed by atoms with Gasteiger partial charge in [0, 0.05) is 0 Å². The Hall–Kier alpha value is -1.57. The molecule has 112 valence electrons. The Morgan fingerprint density at radius 1 is 1.10 bits per heavy atom. The summed E-state index contributed by atoms with van der Waals surface area (Å²) in [5, 5.41) is -0.180. The van der Waals surface area contributed by atoms with Crippen molar-refractivity contribution in [1.82, 2.24) is 0 Å². The molecule has 2 aromatic rings. The summed E-state index contributed by atoms with van der Waals surface area (Å²) < 4.78 is 53.1. The minimum atomic E-state index is -4.20. The third-order valence-corrected chi connectivity index (χ3v) is 4.92. The minimum Gasteiger partial charge on any atom is -0.394 e. The van der Waals surface area contributed by atoms with Crippen LogP contribution in [0.3, 0.4) is 0 Å². The molecule has 3 N–H and O–H groups in total. The van der Waals surface area contributed by atoms with Crippen LogP contribution >= 0.6 is 23.2 Å². The van der Waals surface area contributed by atoms with Crippen molar-refractivity contribution in [3.63, 3.8) is 0 Å². The summed E-state index contributed by atoms with van der Waals surface area (Å²) in [6, 6.07) is 5.73. The van der Waals surface area contributed by atoms with Crippen molar-refractivity contribution in [2.75, 3.05) is 10.5 Å². The van der Waals surface area contributed by atoms with E-state index in [-0.39, 0.29) is 14.9 Å². The first-order valence-electron chi connectivity index (χ1n) is 5.44. The number of sulfonamides is 1. The van der Waals surface area contributed by atoms with Crippen LogP contribution in [0.5, 0.6) is 0 Å². The van der Waals surface area contributed by atoms with Gasteiger partial charge < -0.3 is 5.73 Å². The van der Waals surface area contributed by atoms with Gasteiger partial charge in [-0.2, -0.15) is 0 Å². The molecule has 0 aromatic heterocycles. The molecule has 0 amide bonds. The van der Waals surface area contributed by atoms with Gasteiger partial charge in [0.25, 0.3) is 10.0 Å². The molecule has 0 aliphatic rings. The second kappa shape index (κ2) is 5.67. The van der Waals surface area contributed by atoms with Gasteiger partial charge >= 0.3 is 0 Å². The van der Waals surface area contributed by atoms with E-state index >= 15 is 0 Å². The van der Waals surface area contributed by atoms with Crippen molar-refractivity contribution in [2.24, 2.45) is 0 Å². The number of nitrogens with two attached hydrogens (primary N) is 1. The number of benzene rings is 2. The van der Waals surface area contributed by atoms with Crippen LogP contribution in [0, 0.1) is 11.6 Å². The van der Waals surface area contributed by atoms with Gasteiger partial charge in [-0.3, -0.25) is 4.72 Å². The first-order chi connectivity index (χ1) is 9.74. The highest BCUT2D eigenvalue weighted by Gasteiger charge is 2.22. The summed E-state index contributed by atoms with van der Waals surface area (Å²) >= 11 is 11.5. The Morgan fingerprint density at radius 3 is 2.43 bits per heavy atom. The van der Waals surface area contributed by atoms with Crippen molar-refractivity contribution in [2.45, 2.75) is 4.90 Å². The molecule has 0 bridgehead atoms. The molecule has 2 aromatic carbocycles. The maximum Gasteiger partial charge on any atom is 0.263 e. The Balaban J connectivity index is 2.48. The first-order valence-corrected chi connectivity index (χ1v) is 7.68. The second-order valence-electron chi connectivity index (χ2n) is 3.98. The van der Waals surface area contributed by atoms with Crippen molar-refractivity contribution < 1.29 is 17.2 Å². The van der Waals surface area contributed by atoms with Crippen LogP contribution in [0.25, 0.3) is 0 Å². The molecule has 0 aliphatic heterocycles. The zero-order valence-electron chi connectivity index (χ0n) is 10.2. The summed E-state index contributed by atoms with van der Waals surface area (Å²) in [6.07, 6.45) is 0. The fraction of sp³-hybridized carbons (Fsp3) is 0. The molecule has 21 heavy (non-hydrogen) atoms. The Morgan fingerprint density at radius 2 is 1.76 bits per heavy atom. The summed E-state index contributed by atoms with van der Waals surface area (Å²) in [5.74, 6) is -2.20. The number of rotatable bonds is 3. The molecule has 2 rings (SSSR count). The number of nitrogens with one attached hydrogen (secondary N) is 1. The van der Waals surface area contributed by atoms with Crippen LogP contribution in [-0.4, -0.2) is 8.42 Å². The molecule has 0 unspecified atom stereocenters. The molecular formula is C12H8Cl2F2N2O2S. The van der Waals surface area contributed by atoms with Crippen LogP contribution in [0.15, 0.2) is 35.2 Å². The Kier molecular flexibility index (Phi) is 4.27. The van der Waals surface area contributed by atoms with Gasteiger partial charge in [0.1, 0.15) is 16.4 Å². The third kappa shape index (κ3) is 3.04. The van der Waals surface area contributed by atoms with E-state index in [1.54, 1.807) is 0 Å². The lowest BCUT2D eigenvalue weighted by molar-refractivity contribution is 0.589. The lowest BCUT2D eigenvalue weighted by atomic mass is 10.2. The van der Waals surface area contributed by atoms with Crippen LogP contribution in [0.4, 0.5) is 20.2 Å². The molecule has 0 heterocycles. The summed E-state index contributed by atoms with van der Waals surface area (Å²) in [6.45, 7) is 0. The largest absolute Gasteiger partial charge is 0.394 e. The van der Waals surface area contributed by atoms with E-state index in [4.69, 9.17) is 28.9 Å². The van der Waals surface area contributed by atoms with E-state index in [9.17, 15) is 17.2 Å². The number of anilines is 2. The lowest BCUT2D eigenvalue weighted by Gasteiger charge is -2.12. The smallest absolute Gasteiger partial charge is 0.263 e. The maximum absolute atomic E-state index is 13.7. The summed E-state index contributed by atoms with van der Waals surface area (Å²) in [5.41, 5.74) is 3.88. The van der Waals surface area contributed by atoms with E-state index in [0.717, 1.165) is 12.1 Å². The van der Waals surface area contributed by atoms with Crippen molar-refractivity contribution in [1.29, 1.82) is 0 Å². The Bertz CT molecular complexity index is 813. The average Bonchev–Trinajstić information content (AvgIpc) is 2.42. The van der Waals surface area contributed by atoms with E-state index in [2.05, 4.69) is 0 Å². The van der Waals surface area contributed by atoms with Gasteiger partial charge in [0.2, 0.25) is 0 Å². The van der Waals surface area contributed by atoms with Gasteiger partial charge in [-0.25, -0.2) is 17.2 Å². The van der Waals surface area contributed by atoms with Gasteiger partial charge in [0.05, 0.1) is 15.7 Å². The standard InChI is InChI=1S/C12H8Cl2F2N2O2S/c13-6-2-1-3-9(10(6)14)21(19,20)18-8-5-4-7(15)12(17)11(8)16/h1-5,18H,17H2. The van der Waals surface area contributed by atoms with E-state index in [1.807, 2.05) is 4.72 Å². The predicted molar refractivity (Wildman–Crippen MR) is 78.0 cm³/mol. The quantitative estimate of drug-likeness (QED) is 0.828. The molecule has 0 fully saturated rings. The fourth-order valence-corrected chi connectivity index (χ4v) is 3.36. The number of hydrogen-bond acceptors (Lipinski definition) is 3. The zero-order chi connectivity index (χ0) is 15.8. The fourth-order valence-electron chi connectivity index (χ4n) is 1.54. The molecule has 0 spiro atoms. The van der Waals surface area contributed by atoms with Crippen LogP contribution < -0.4 is 10.5 Å². The maximum atomic E-state index is 13.7. The highest BCUT2D eigenvalue weighted by atomic mass is 35.5. The highest BCUT2D eigenvalue weighted by molar-refractivity contribution is 7.92. The molecular weight excluding hydrogens is 345 g/mol. The summed E-state index contributed by atoms with van der Waals surface area (Å²) in [7, 11) is -4.20. The van der Waals surface area contributed by atoms with Crippen LogP contribution in [0.2, 0.25) is 10.0 Å². The number of halogens is 4. The number of hydrogen-bond donors (Lipinski definition) is 2. The minimum absolute atomic E-state index is 0.0265. The Labute approximate surface area is 129 Å². The molecule has 0 radical (unpaired) electrons. The molecule has 9 heteroatoms.